The van der Waals surface area contributed by atoms with E-state index >= 15 is 0 Å². The number of hydrazine groups is 1. The molecule has 1 heterocycles. The van der Waals surface area contributed by atoms with Crippen LogP contribution in [0.2, 0.25) is 0 Å². The third-order valence-corrected chi connectivity index (χ3v) is 2.17. The fourth-order valence-corrected chi connectivity index (χ4v) is 1.23. The second-order valence-electron chi connectivity index (χ2n) is 3.37. The van der Waals surface area contributed by atoms with Crippen LogP contribution in [0.3, 0.4) is 0 Å². The molecular formula is C8H12N4O. The highest BCUT2D eigenvalue weighted by Crippen LogP contribution is 2.30. The van der Waals surface area contributed by atoms with E-state index < -0.39 is 0 Å². The highest BCUT2D eigenvalue weighted by Gasteiger charge is 2.22. The van der Waals surface area contributed by atoms with Crippen LogP contribution in [0.5, 0.6) is 0 Å². The molecule has 0 spiro atoms. The SMILES string of the molecule is NNC(=O)c1cnn(CC2CC2)c1. The number of nitrogens with two attached hydrogens (primary N) is 1. The molecule has 0 radical (unpaired) electrons. The van der Waals surface area contributed by atoms with Gasteiger partial charge in [0.15, 0.2) is 0 Å². The van der Waals surface area contributed by atoms with Crippen molar-refractivity contribution in [1.29, 1.82) is 0 Å². The van der Waals surface area contributed by atoms with Crippen molar-refractivity contribution < 1.29 is 4.79 Å². The Morgan fingerprint density at radius 1 is 1.77 bits per heavy atom. The van der Waals surface area contributed by atoms with Crippen molar-refractivity contribution in [3.63, 3.8) is 0 Å². The Bertz CT molecular complexity index is 316. The lowest BCUT2D eigenvalue weighted by atomic mass is 10.3. The van der Waals surface area contributed by atoms with Crippen LogP contribution in [-0.2, 0) is 6.54 Å². The van der Waals surface area contributed by atoms with Crippen LogP contribution in [0.25, 0.3) is 0 Å². The van der Waals surface area contributed by atoms with Crippen LogP contribution < -0.4 is 11.3 Å². The molecule has 1 aromatic heterocycles. The number of nitrogens with zero attached hydrogens (tertiary/aromatic N) is 2. The number of hydrogen-bond donors (Lipinski definition) is 2. The van der Waals surface area contributed by atoms with Crippen LogP contribution in [0.4, 0.5) is 0 Å². The molecule has 5 heteroatoms. The Balaban J connectivity index is 2.03. The molecule has 0 unspecified atom stereocenters. The quantitative estimate of drug-likeness (QED) is 0.387. The summed E-state index contributed by atoms with van der Waals surface area (Å²) in [7, 11) is 0. The van der Waals surface area contributed by atoms with E-state index in [2.05, 4.69) is 10.5 Å². The van der Waals surface area contributed by atoms with Crippen molar-refractivity contribution in [2.75, 3.05) is 0 Å². The van der Waals surface area contributed by atoms with E-state index in [4.69, 9.17) is 5.84 Å². The predicted octanol–water partition coefficient (Wildman–Crippen LogP) is -0.103. The molecule has 2 rings (SSSR count). The minimum absolute atomic E-state index is 0.290. The molecule has 1 amide bonds. The summed E-state index contributed by atoms with van der Waals surface area (Å²) >= 11 is 0. The first-order valence-corrected chi connectivity index (χ1v) is 4.33. The third kappa shape index (κ3) is 1.86. The van der Waals surface area contributed by atoms with E-state index in [0.717, 1.165) is 12.5 Å². The minimum Gasteiger partial charge on any atom is -0.290 e. The van der Waals surface area contributed by atoms with Crippen LogP contribution in [0.1, 0.15) is 23.2 Å². The zero-order valence-corrected chi connectivity index (χ0v) is 7.23. The molecule has 1 aliphatic carbocycles. The summed E-state index contributed by atoms with van der Waals surface area (Å²) in [6, 6.07) is 0. The molecule has 0 bridgehead atoms. The number of carbonyl (C=O) groups is 1. The fraction of sp³-hybridized carbons (Fsp3) is 0.500. The zero-order valence-electron chi connectivity index (χ0n) is 7.23. The van der Waals surface area contributed by atoms with Gasteiger partial charge in [-0.1, -0.05) is 0 Å². The summed E-state index contributed by atoms with van der Waals surface area (Å²) in [5.41, 5.74) is 2.59. The molecule has 1 saturated carbocycles. The van der Waals surface area contributed by atoms with Crippen molar-refractivity contribution in [1.82, 2.24) is 15.2 Å². The first kappa shape index (κ1) is 8.25. The monoisotopic (exact) mass is 180 g/mol. The lowest BCUT2D eigenvalue weighted by Crippen LogP contribution is -2.29. The van der Waals surface area contributed by atoms with Crippen LogP contribution in [0, 0.1) is 5.92 Å². The van der Waals surface area contributed by atoms with Gasteiger partial charge in [-0.3, -0.25) is 14.9 Å². The number of nitrogens with one attached hydrogen (secondary N) is 1. The molecule has 3 N–H and O–H groups in total. The van der Waals surface area contributed by atoms with Crippen molar-refractivity contribution >= 4 is 5.91 Å². The summed E-state index contributed by atoms with van der Waals surface area (Å²) in [6.07, 6.45) is 5.81. The molecule has 0 saturated heterocycles. The lowest BCUT2D eigenvalue weighted by molar-refractivity contribution is 0.0953. The summed E-state index contributed by atoms with van der Waals surface area (Å²) in [5.74, 6) is 5.46. The largest absolute Gasteiger partial charge is 0.290 e. The number of carbonyl (C=O) groups excluding carboxylic acids is 1. The Morgan fingerprint density at radius 2 is 2.54 bits per heavy atom. The van der Waals surface area contributed by atoms with E-state index in [1.54, 1.807) is 10.9 Å². The van der Waals surface area contributed by atoms with Crippen LogP contribution in [0.15, 0.2) is 12.4 Å². The smallest absolute Gasteiger partial charge is 0.268 e. The third-order valence-electron chi connectivity index (χ3n) is 2.17. The fourth-order valence-electron chi connectivity index (χ4n) is 1.23. The Kier molecular flexibility index (Phi) is 2.02. The molecule has 1 aromatic rings. The van der Waals surface area contributed by atoms with Gasteiger partial charge in [-0.05, 0) is 18.8 Å². The topological polar surface area (TPSA) is 72.9 Å². The lowest BCUT2D eigenvalue weighted by Gasteiger charge is -1.96. The predicted molar refractivity (Wildman–Crippen MR) is 46.6 cm³/mol. The maximum Gasteiger partial charge on any atom is 0.268 e. The number of rotatable bonds is 3. The van der Waals surface area contributed by atoms with E-state index in [1.807, 2.05) is 0 Å². The van der Waals surface area contributed by atoms with E-state index in [9.17, 15) is 4.79 Å². The molecule has 0 aliphatic heterocycles. The second kappa shape index (κ2) is 3.18. The number of hydrogen-bond acceptors (Lipinski definition) is 3. The molecule has 1 aliphatic rings. The highest BCUT2D eigenvalue weighted by atomic mass is 16.2. The van der Waals surface area contributed by atoms with E-state index in [0.29, 0.717) is 5.56 Å². The average molecular weight is 180 g/mol. The maximum absolute atomic E-state index is 11.0. The van der Waals surface area contributed by atoms with Gasteiger partial charge < -0.3 is 0 Å². The molecule has 0 atom stereocenters. The van der Waals surface area contributed by atoms with Gasteiger partial charge in [-0.25, -0.2) is 5.84 Å². The normalized spacial score (nSPS) is 15.8. The Hall–Kier alpha value is -1.36. The van der Waals surface area contributed by atoms with Crippen molar-refractivity contribution in [3.05, 3.63) is 18.0 Å². The molecule has 1 fully saturated rings. The molecule has 5 nitrogen and oxygen atoms in total. The van der Waals surface area contributed by atoms with Gasteiger partial charge in [0.1, 0.15) is 0 Å². The second-order valence-corrected chi connectivity index (χ2v) is 3.37. The van der Waals surface area contributed by atoms with Gasteiger partial charge in [0.2, 0.25) is 0 Å². The van der Waals surface area contributed by atoms with Gasteiger partial charge in [-0.2, -0.15) is 5.10 Å². The van der Waals surface area contributed by atoms with Crippen molar-refractivity contribution in [3.8, 4) is 0 Å². The number of amides is 1. The van der Waals surface area contributed by atoms with E-state index in [1.165, 1.54) is 19.0 Å². The molecule has 13 heavy (non-hydrogen) atoms. The Labute approximate surface area is 75.9 Å². The zero-order chi connectivity index (χ0) is 9.26. The summed E-state index contributed by atoms with van der Waals surface area (Å²) < 4.78 is 1.79. The Morgan fingerprint density at radius 3 is 3.15 bits per heavy atom. The minimum atomic E-state index is -0.290. The maximum atomic E-state index is 11.0. The van der Waals surface area contributed by atoms with Crippen molar-refractivity contribution in [2.45, 2.75) is 19.4 Å². The van der Waals surface area contributed by atoms with Gasteiger partial charge in [-0.15, -0.1) is 0 Å². The van der Waals surface area contributed by atoms with Crippen LogP contribution >= 0.6 is 0 Å². The number of nitrogen functional groups attached to an aromatic ring is 1. The summed E-state index contributed by atoms with van der Waals surface area (Å²) in [6.45, 7) is 0.915. The molecule has 0 aromatic carbocycles. The van der Waals surface area contributed by atoms with Gasteiger partial charge in [0, 0.05) is 12.7 Å². The molecule has 70 valence electrons. The standard InChI is InChI=1S/C8H12N4O/c9-11-8(13)7-3-10-12(5-7)4-6-1-2-6/h3,5-6H,1-2,4,9H2,(H,11,13). The summed E-state index contributed by atoms with van der Waals surface area (Å²) in [4.78, 5) is 11.0. The molecular weight excluding hydrogens is 168 g/mol. The van der Waals surface area contributed by atoms with E-state index in [-0.39, 0.29) is 5.91 Å². The van der Waals surface area contributed by atoms with Crippen molar-refractivity contribution in [2.24, 2.45) is 11.8 Å². The first-order valence-electron chi connectivity index (χ1n) is 4.33. The van der Waals surface area contributed by atoms with Gasteiger partial charge in [0.05, 0.1) is 11.8 Å². The van der Waals surface area contributed by atoms with Crippen LogP contribution in [-0.4, -0.2) is 15.7 Å². The highest BCUT2D eigenvalue weighted by molar-refractivity contribution is 5.93. The van der Waals surface area contributed by atoms with Gasteiger partial charge >= 0.3 is 0 Å². The number of aromatic nitrogens is 2. The summed E-state index contributed by atoms with van der Waals surface area (Å²) in [5, 5.41) is 4.07. The first-order chi connectivity index (χ1) is 6.29. The average Bonchev–Trinajstić information content (AvgIpc) is 2.81. The van der Waals surface area contributed by atoms with Gasteiger partial charge in [0.25, 0.3) is 5.91 Å².